The van der Waals surface area contributed by atoms with Gasteiger partial charge in [-0.05, 0) is 54.7 Å². The Balaban J connectivity index is 2.10. The molecule has 0 bridgehead atoms. The van der Waals surface area contributed by atoms with Crippen molar-refractivity contribution in [3.8, 4) is 17.2 Å². The molecule has 6 nitrogen and oxygen atoms in total. The normalized spacial score (nSPS) is 11.8. The molecular formula is C50H85O6P. The van der Waals surface area contributed by atoms with Crippen LogP contribution in [-0.2, 0) is 4.57 Å². The Morgan fingerprint density at radius 3 is 1.05 bits per heavy atom. The van der Waals surface area contributed by atoms with Crippen LogP contribution in [0.1, 0.15) is 225 Å². The quantitative estimate of drug-likeness (QED) is 0.0397. The zero-order chi connectivity index (χ0) is 41.1. The summed E-state index contributed by atoms with van der Waals surface area (Å²) in [5.74, 6) is 2.18. The molecule has 0 fully saturated rings. The van der Waals surface area contributed by atoms with Gasteiger partial charge in [0.1, 0.15) is 0 Å². The molecule has 7 heteroatoms. The summed E-state index contributed by atoms with van der Waals surface area (Å²) in [7, 11) is -4.28. The average Bonchev–Trinajstić information content (AvgIpc) is 3.20. The molecule has 0 heterocycles. The van der Waals surface area contributed by atoms with Crippen LogP contribution in [0.2, 0.25) is 0 Å². The molecule has 0 unspecified atom stereocenters. The maximum Gasteiger partial charge on any atom is 0.356 e. The first kappa shape index (κ1) is 50.9. The van der Waals surface area contributed by atoms with Crippen LogP contribution in [0.25, 0.3) is 12.2 Å². The van der Waals surface area contributed by atoms with E-state index < -0.39 is 7.60 Å². The van der Waals surface area contributed by atoms with Crippen LogP contribution < -0.4 is 19.5 Å². The molecule has 0 atom stereocenters. The topological polar surface area (TPSA) is 85.2 Å². The number of benzene rings is 2. The summed E-state index contributed by atoms with van der Waals surface area (Å²) in [5, 5.41) is 0.0221. The highest BCUT2D eigenvalue weighted by atomic mass is 31.2. The highest BCUT2D eigenvalue weighted by molar-refractivity contribution is 7.60. The van der Waals surface area contributed by atoms with Gasteiger partial charge in [0.15, 0.2) is 11.5 Å². The molecule has 0 aromatic heterocycles. The van der Waals surface area contributed by atoms with Gasteiger partial charge in [-0.15, -0.1) is 0 Å². The highest BCUT2D eigenvalue weighted by Gasteiger charge is 2.17. The minimum Gasteiger partial charge on any atom is -0.490 e. The average molecular weight is 813 g/mol. The van der Waals surface area contributed by atoms with Crippen molar-refractivity contribution in [2.75, 3.05) is 19.8 Å². The number of hydrogen-bond acceptors (Lipinski definition) is 4. The fourth-order valence-electron chi connectivity index (χ4n) is 7.33. The van der Waals surface area contributed by atoms with Crippen molar-refractivity contribution in [3.05, 3.63) is 47.5 Å². The molecule has 326 valence electrons. The lowest BCUT2D eigenvalue weighted by molar-refractivity contribution is 0.234. The number of ether oxygens (including phenoxy) is 3. The summed E-state index contributed by atoms with van der Waals surface area (Å²) < 4.78 is 31.3. The van der Waals surface area contributed by atoms with Crippen molar-refractivity contribution in [1.82, 2.24) is 0 Å². The van der Waals surface area contributed by atoms with Crippen LogP contribution >= 0.6 is 7.60 Å². The molecular weight excluding hydrogens is 728 g/mol. The monoisotopic (exact) mass is 813 g/mol. The van der Waals surface area contributed by atoms with Gasteiger partial charge < -0.3 is 24.0 Å². The molecule has 0 aliphatic rings. The summed E-state index contributed by atoms with van der Waals surface area (Å²) in [6.07, 6.45) is 42.4. The van der Waals surface area contributed by atoms with E-state index in [2.05, 4.69) is 32.9 Å². The third-order valence-corrected chi connectivity index (χ3v) is 12.0. The van der Waals surface area contributed by atoms with Gasteiger partial charge in [-0.3, -0.25) is 4.57 Å². The molecule has 0 amide bonds. The molecule has 0 saturated carbocycles. The van der Waals surface area contributed by atoms with Gasteiger partial charge in [0.2, 0.25) is 5.75 Å². The van der Waals surface area contributed by atoms with E-state index in [1.54, 1.807) is 12.1 Å². The van der Waals surface area contributed by atoms with E-state index >= 15 is 0 Å². The van der Waals surface area contributed by atoms with E-state index in [9.17, 15) is 14.4 Å². The molecule has 0 aliphatic carbocycles. The molecule has 0 aliphatic heterocycles. The Labute approximate surface area is 350 Å². The lowest BCUT2D eigenvalue weighted by atomic mass is 10.1. The first-order valence-electron chi connectivity index (χ1n) is 23.8. The number of rotatable bonds is 39. The summed E-state index contributed by atoms with van der Waals surface area (Å²) in [6, 6.07) is 10.6. The first-order valence-corrected chi connectivity index (χ1v) is 25.4. The van der Waals surface area contributed by atoms with E-state index in [0.717, 1.165) is 54.7 Å². The minimum absolute atomic E-state index is 0.0221. The minimum atomic E-state index is -4.28. The molecule has 0 spiro atoms. The Morgan fingerprint density at radius 1 is 0.421 bits per heavy atom. The fourth-order valence-corrected chi connectivity index (χ4v) is 7.87. The van der Waals surface area contributed by atoms with E-state index in [1.165, 1.54) is 173 Å². The van der Waals surface area contributed by atoms with Gasteiger partial charge in [0.05, 0.1) is 25.1 Å². The Kier molecular flexibility index (Phi) is 30.9. The van der Waals surface area contributed by atoms with Gasteiger partial charge in [0, 0.05) is 0 Å². The zero-order valence-electron chi connectivity index (χ0n) is 36.9. The van der Waals surface area contributed by atoms with Crippen molar-refractivity contribution in [1.29, 1.82) is 0 Å². The van der Waals surface area contributed by atoms with Crippen LogP contribution in [0.4, 0.5) is 0 Å². The van der Waals surface area contributed by atoms with Crippen molar-refractivity contribution >= 4 is 25.1 Å². The van der Waals surface area contributed by atoms with Crippen LogP contribution in [-0.4, -0.2) is 29.6 Å². The van der Waals surface area contributed by atoms with Crippen molar-refractivity contribution in [2.24, 2.45) is 0 Å². The highest BCUT2D eigenvalue weighted by Crippen LogP contribution is 2.40. The first-order chi connectivity index (χ1) is 27.9. The third-order valence-electron chi connectivity index (χ3n) is 11.0. The van der Waals surface area contributed by atoms with Gasteiger partial charge in [-0.25, -0.2) is 0 Å². The zero-order valence-corrected chi connectivity index (χ0v) is 37.8. The Morgan fingerprint density at radius 2 is 0.719 bits per heavy atom. The van der Waals surface area contributed by atoms with Gasteiger partial charge in [0.25, 0.3) is 0 Å². The molecule has 57 heavy (non-hydrogen) atoms. The lowest BCUT2D eigenvalue weighted by Crippen LogP contribution is -2.07. The number of unbranched alkanes of at least 4 members (excludes halogenated alkanes) is 27. The SMILES string of the molecule is CCCCCCCCCCCCOc1cc(/C=C/c2ccc(P(=O)(O)O)cc2)cc(OCCCCCCCCCCCC)c1OCCCCCCCCCCCC. The molecule has 2 aromatic rings. The van der Waals surface area contributed by atoms with Gasteiger partial charge in [-0.1, -0.05) is 218 Å². The standard InChI is InChI=1S/C50H85O6P/c1-4-7-10-13-16-19-22-25-28-31-40-54-48-43-46(35-34-45-36-38-47(39-37-45)57(51,52)53)44-49(55-41-32-29-26-23-20-17-14-11-8-5-2)50(48)56-42-33-30-27-24-21-18-15-12-9-6-3/h34-39,43-44H,4-33,40-42H2,1-3H3,(H2,51,52,53)/b35-34+. The summed E-state index contributed by atoms with van der Waals surface area (Å²) in [6.45, 7) is 8.74. The maximum absolute atomic E-state index is 11.7. The predicted molar refractivity (Wildman–Crippen MR) is 246 cm³/mol. The van der Waals surface area contributed by atoms with Crippen LogP contribution in [0.15, 0.2) is 36.4 Å². The lowest BCUT2D eigenvalue weighted by Gasteiger charge is -2.18. The smallest absolute Gasteiger partial charge is 0.356 e. The van der Waals surface area contributed by atoms with E-state index in [0.29, 0.717) is 25.6 Å². The second-order valence-corrected chi connectivity index (χ2v) is 18.0. The second kappa shape index (κ2) is 34.6. The predicted octanol–water partition coefficient (Wildman–Crippen LogP) is 15.6. The van der Waals surface area contributed by atoms with E-state index in [4.69, 9.17) is 14.2 Å². The Bertz CT molecular complexity index is 1260. The summed E-state index contributed by atoms with van der Waals surface area (Å²) >= 11 is 0. The maximum atomic E-state index is 11.7. The van der Waals surface area contributed by atoms with Crippen LogP contribution in [0, 0.1) is 0 Å². The van der Waals surface area contributed by atoms with Crippen LogP contribution in [0.3, 0.4) is 0 Å². The third kappa shape index (κ3) is 26.4. The summed E-state index contributed by atoms with van der Waals surface area (Å²) in [4.78, 5) is 19.1. The van der Waals surface area contributed by atoms with E-state index in [-0.39, 0.29) is 5.30 Å². The molecule has 0 radical (unpaired) electrons. The fraction of sp³-hybridized carbons (Fsp3) is 0.720. The Hall–Kier alpha value is -2.27. The van der Waals surface area contributed by atoms with Gasteiger partial charge >= 0.3 is 7.60 Å². The van der Waals surface area contributed by atoms with Crippen LogP contribution in [0.5, 0.6) is 17.2 Å². The molecule has 2 aromatic carbocycles. The molecule has 0 saturated heterocycles. The molecule has 2 rings (SSSR count). The van der Waals surface area contributed by atoms with Crippen molar-refractivity contribution < 1.29 is 28.6 Å². The van der Waals surface area contributed by atoms with Crippen molar-refractivity contribution in [2.45, 2.75) is 213 Å². The number of hydrogen-bond donors (Lipinski definition) is 2. The van der Waals surface area contributed by atoms with E-state index in [1.807, 2.05) is 12.2 Å². The second-order valence-electron chi connectivity index (χ2n) is 16.4. The van der Waals surface area contributed by atoms with Gasteiger partial charge in [-0.2, -0.15) is 0 Å². The van der Waals surface area contributed by atoms with Crippen molar-refractivity contribution in [3.63, 3.8) is 0 Å². The summed E-state index contributed by atoms with van der Waals surface area (Å²) in [5.41, 5.74) is 1.80. The largest absolute Gasteiger partial charge is 0.490 e. The molecule has 2 N–H and O–H groups in total.